The van der Waals surface area contributed by atoms with Gasteiger partial charge in [-0.2, -0.15) is 0 Å². The van der Waals surface area contributed by atoms with Crippen molar-refractivity contribution in [3.63, 3.8) is 0 Å². The smallest absolute Gasteiger partial charge is 0.303 e. The maximum Gasteiger partial charge on any atom is 0.303 e. The molecule has 1 N–H and O–H groups in total. The molecule has 0 aliphatic carbocycles. The average molecular weight is 178 g/mol. The van der Waals surface area contributed by atoms with E-state index < -0.39 is 5.97 Å². The quantitative estimate of drug-likeness (QED) is 0.768. The fraction of sp³-hybridized carbons (Fsp3) is 0.364. The number of hydrogen-bond acceptors (Lipinski definition) is 1. The Hall–Kier alpha value is -1.31. The van der Waals surface area contributed by atoms with Crippen molar-refractivity contribution in [1.82, 2.24) is 0 Å². The van der Waals surface area contributed by atoms with Crippen molar-refractivity contribution in [3.05, 3.63) is 35.9 Å². The molecule has 2 heteroatoms. The molecule has 0 saturated carbocycles. The van der Waals surface area contributed by atoms with Crippen LogP contribution < -0.4 is 0 Å². The summed E-state index contributed by atoms with van der Waals surface area (Å²) in [5.41, 5.74) is 1.20. The predicted octanol–water partition coefficient (Wildman–Crippen LogP) is 2.34. The van der Waals surface area contributed by atoms with E-state index >= 15 is 0 Å². The minimum Gasteiger partial charge on any atom is -0.481 e. The summed E-state index contributed by atoms with van der Waals surface area (Å²) in [6.07, 6.45) is 1.09. The third kappa shape index (κ3) is 3.74. The Morgan fingerprint density at radius 3 is 2.54 bits per heavy atom. The zero-order valence-electron chi connectivity index (χ0n) is 7.73. The molecule has 0 saturated heterocycles. The van der Waals surface area contributed by atoms with Crippen LogP contribution in [0.5, 0.6) is 0 Å². The highest BCUT2D eigenvalue weighted by molar-refractivity contribution is 5.67. The highest BCUT2D eigenvalue weighted by atomic mass is 16.4. The van der Waals surface area contributed by atoms with Crippen LogP contribution in [0.15, 0.2) is 30.3 Å². The Labute approximate surface area is 78.2 Å². The van der Waals surface area contributed by atoms with Crippen LogP contribution in [0.4, 0.5) is 0 Å². The highest BCUT2D eigenvalue weighted by Crippen LogP contribution is 2.10. The first-order valence-corrected chi connectivity index (χ1v) is 4.44. The first-order chi connectivity index (χ1) is 6.18. The lowest BCUT2D eigenvalue weighted by Crippen LogP contribution is -2.06. The Bertz CT molecular complexity index is 267. The van der Waals surface area contributed by atoms with Gasteiger partial charge in [-0.1, -0.05) is 37.3 Å². The maximum atomic E-state index is 10.4. The van der Waals surface area contributed by atoms with Gasteiger partial charge in [0, 0.05) is 6.42 Å². The monoisotopic (exact) mass is 178 g/mol. The van der Waals surface area contributed by atoms with Crippen molar-refractivity contribution in [2.45, 2.75) is 19.8 Å². The van der Waals surface area contributed by atoms with Crippen LogP contribution in [-0.2, 0) is 11.2 Å². The third-order valence-electron chi connectivity index (χ3n) is 1.95. The van der Waals surface area contributed by atoms with Gasteiger partial charge in [-0.05, 0) is 17.9 Å². The van der Waals surface area contributed by atoms with Gasteiger partial charge < -0.3 is 5.11 Å². The summed E-state index contributed by atoms with van der Waals surface area (Å²) >= 11 is 0. The Balaban J connectivity index is 2.45. The molecule has 0 spiro atoms. The number of carbonyl (C=O) groups is 1. The van der Waals surface area contributed by atoms with E-state index in [4.69, 9.17) is 5.11 Å². The first kappa shape index (κ1) is 9.78. The summed E-state index contributed by atoms with van der Waals surface area (Å²) in [5.74, 6) is -0.511. The van der Waals surface area contributed by atoms with Crippen LogP contribution >= 0.6 is 0 Å². The first-order valence-electron chi connectivity index (χ1n) is 4.44. The summed E-state index contributed by atoms with van der Waals surface area (Å²) in [4.78, 5) is 10.4. The molecule has 1 aromatic rings. The van der Waals surface area contributed by atoms with Crippen LogP contribution in [0, 0.1) is 5.92 Å². The summed E-state index contributed by atoms with van der Waals surface area (Å²) < 4.78 is 0. The number of benzene rings is 1. The number of aliphatic carboxylic acids is 1. The second kappa shape index (κ2) is 4.65. The molecule has 13 heavy (non-hydrogen) atoms. The van der Waals surface area contributed by atoms with E-state index in [1.54, 1.807) is 0 Å². The van der Waals surface area contributed by atoms with Crippen LogP contribution in [-0.4, -0.2) is 11.1 Å². The lowest BCUT2D eigenvalue weighted by Gasteiger charge is -2.07. The Kier molecular flexibility index (Phi) is 3.50. The molecule has 0 aliphatic rings. The summed E-state index contributed by atoms with van der Waals surface area (Å²) in [7, 11) is 0. The molecule has 0 bridgehead atoms. The van der Waals surface area contributed by atoms with E-state index in [1.165, 1.54) is 5.56 Å². The van der Waals surface area contributed by atoms with Crippen molar-refractivity contribution in [2.75, 3.05) is 0 Å². The van der Waals surface area contributed by atoms with Crippen molar-refractivity contribution in [3.8, 4) is 0 Å². The number of carboxylic acids is 1. The normalized spacial score (nSPS) is 12.4. The van der Waals surface area contributed by atoms with Crippen molar-refractivity contribution >= 4 is 5.97 Å². The van der Waals surface area contributed by atoms with Crippen LogP contribution in [0.3, 0.4) is 0 Å². The lowest BCUT2D eigenvalue weighted by molar-refractivity contribution is -0.137. The summed E-state index contributed by atoms with van der Waals surface area (Å²) in [6.45, 7) is 1.96. The van der Waals surface area contributed by atoms with E-state index in [0.717, 1.165) is 6.42 Å². The zero-order valence-corrected chi connectivity index (χ0v) is 7.73. The standard InChI is InChI=1S/C11H14O2/c1-9(8-11(12)13)7-10-5-3-2-4-6-10/h2-6,9H,7-8H2,1H3,(H,12,13)/t9-/m0/s1. The highest BCUT2D eigenvalue weighted by Gasteiger charge is 2.07. The fourth-order valence-electron chi connectivity index (χ4n) is 1.39. The summed E-state index contributed by atoms with van der Waals surface area (Å²) in [6, 6.07) is 9.97. The third-order valence-corrected chi connectivity index (χ3v) is 1.95. The second-order valence-corrected chi connectivity index (χ2v) is 3.39. The topological polar surface area (TPSA) is 37.3 Å². The molecule has 0 aromatic heterocycles. The van der Waals surface area contributed by atoms with E-state index in [9.17, 15) is 4.79 Å². The molecule has 0 radical (unpaired) electrons. The molecule has 1 rings (SSSR count). The molecule has 0 heterocycles. The molecule has 0 fully saturated rings. The van der Waals surface area contributed by atoms with Gasteiger partial charge in [0.25, 0.3) is 0 Å². The summed E-state index contributed by atoms with van der Waals surface area (Å²) in [5, 5.41) is 8.56. The SMILES string of the molecule is C[C@H](CC(=O)O)Cc1ccccc1. The lowest BCUT2D eigenvalue weighted by atomic mass is 9.98. The molecular weight excluding hydrogens is 164 g/mol. The van der Waals surface area contributed by atoms with Crippen molar-refractivity contribution < 1.29 is 9.90 Å². The minimum atomic E-state index is -0.719. The average Bonchev–Trinajstić information content (AvgIpc) is 2.04. The number of carboxylic acid groups (broad SMARTS) is 1. The van der Waals surface area contributed by atoms with E-state index in [-0.39, 0.29) is 12.3 Å². The van der Waals surface area contributed by atoms with Gasteiger partial charge in [-0.3, -0.25) is 4.79 Å². The van der Waals surface area contributed by atoms with Gasteiger partial charge in [0.15, 0.2) is 0 Å². The van der Waals surface area contributed by atoms with E-state index in [0.29, 0.717) is 0 Å². The maximum absolute atomic E-state index is 10.4. The minimum absolute atomic E-state index is 0.208. The molecule has 0 unspecified atom stereocenters. The van der Waals surface area contributed by atoms with Gasteiger partial charge in [0.1, 0.15) is 0 Å². The van der Waals surface area contributed by atoms with Crippen molar-refractivity contribution in [2.24, 2.45) is 5.92 Å². The predicted molar refractivity (Wildman–Crippen MR) is 51.6 cm³/mol. The van der Waals surface area contributed by atoms with Crippen molar-refractivity contribution in [1.29, 1.82) is 0 Å². The number of rotatable bonds is 4. The van der Waals surface area contributed by atoms with Crippen LogP contribution in [0.2, 0.25) is 0 Å². The second-order valence-electron chi connectivity index (χ2n) is 3.39. The Morgan fingerprint density at radius 2 is 2.00 bits per heavy atom. The molecule has 70 valence electrons. The van der Waals surface area contributed by atoms with E-state index in [2.05, 4.69) is 0 Å². The van der Waals surface area contributed by atoms with Gasteiger partial charge >= 0.3 is 5.97 Å². The largest absolute Gasteiger partial charge is 0.481 e. The fourth-order valence-corrected chi connectivity index (χ4v) is 1.39. The van der Waals surface area contributed by atoms with E-state index in [1.807, 2.05) is 37.3 Å². The molecule has 1 atom stereocenters. The molecular formula is C11H14O2. The van der Waals surface area contributed by atoms with Gasteiger partial charge in [-0.15, -0.1) is 0 Å². The van der Waals surface area contributed by atoms with Crippen LogP contribution in [0.25, 0.3) is 0 Å². The van der Waals surface area contributed by atoms with Gasteiger partial charge in [-0.25, -0.2) is 0 Å². The molecule has 0 amide bonds. The molecule has 1 aromatic carbocycles. The molecule has 0 aliphatic heterocycles. The van der Waals surface area contributed by atoms with Gasteiger partial charge in [0.05, 0.1) is 0 Å². The Morgan fingerprint density at radius 1 is 1.38 bits per heavy atom. The van der Waals surface area contributed by atoms with Gasteiger partial charge in [0.2, 0.25) is 0 Å². The molecule has 2 nitrogen and oxygen atoms in total. The zero-order chi connectivity index (χ0) is 9.68. The van der Waals surface area contributed by atoms with Crippen LogP contribution in [0.1, 0.15) is 18.9 Å². The number of hydrogen-bond donors (Lipinski definition) is 1.